The van der Waals surface area contributed by atoms with E-state index in [1.165, 1.54) is 11.8 Å². The van der Waals surface area contributed by atoms with E-state index in [1.54, 1.807) is 17.2 Å². The number of carbonyl (C=O) groups excluding carboxylic acids is 1. The number of hydrogen-bond acceptors (Lipinski definition) is 5. The SMILES string of the molecule is CN(C)c1ccc(/C=C2/SC(=S)N(Cc3ccco3)C2=O)cc1. The standard InChI is InChI=1S/C17H16N2O2S2/c1-18(2)13-7-5-12(6-8-13)10-15-16(20)19(17(22)23-15)11-14-4-3-9-21-14/h3-10H,11H2,1-2H3/b15-10+. The lowest BCUT2D eigenvalue weighted by molar-refractivity contribution is -0.122. The quantitative estimate of drug-likeness (QED) is 0.624. The molecule has 1 aliphatic rings. The van der Waals surface area contributed by atoms with Gasteiger partial charge in [0, 0.05) is 19.8 Å². The number of thioether (sulfide) groups is 1. The number of benzene rings is 1. The van der Waals surface area contributed by atoms with Gasteiger partial charge in [-0.3, -0.25) is 9.69 Å². The van der Waals surface area contributed by atoms with Gasteiger partial charge < -0.3 is 9.32 Å². The van der Waals surface area contributed by atoms with E-state index in [4.69, 9.17) is 16.6 Å². The molecule has 118 valence electrons. The first-order valence-electron chi connectivity index (χ1n) is 7.10. The van der Waals surface area contributed by atoms with Crippen molar-refractivity contribution in [2.75, 3.05) is 19.0 Å². The van der Waals surface area contributed by atoms with Crippen molar-refractivity contribution in [3.63, 3.8) is 0 Å². The van der Waals surface area contributed by atoms with E-state index in [0.29, 0.717) is 15.8 Å². The van der Waals surface area contributed by atoms with Crippen LogP contribution in [0.25, 0.3) is 6.08 Å². The Balaban J connectivity index is 1.78. The zero-order chi connectivity index (χ0) is 16.4. The maximum absolute atomic E-state index is 12.5. The van der Waals surface area contributed by atoms with Crippen molar-refractivity contribution >= 4 is 46.0 Å². The molecule has 1 fully saturated rings. The van der Waals surface area contributed by atoms with Crippen molar-refractivity contribution in [2.45, 2.75) is 6.54 Å². The van der Waals surface area contributed by atoms with Crippen molar-refractivity contribution in [3.05, 3.63) is 58.9 Å². The van der Waals surface area contributed by atoms with E-state index in [-0.39, 0.29) is 5.91 Å². The Morgan fingerprint density at radius 3 is 2.61 bits per heavy atom. The van der Waals surface area contributed by atoms with Gasteiger partial charge in [-0.1, -0.05) is 36.1 Å². The second-order valence-electron chi connectivity index (χ2n) is 5.33. The van der Waals surface area contributed by atoms with Crippen molar-refractivity contribution < 1.29 is 9.21 Å². The predicted molar refractivity (Wildman–Crippen MR) is 98.2 cm³/mol. The number of thiocarbonyl (C=S) groups is 1. The summed E-state index contributed by atoms with van der Waals surface area (Å²) in [6, 6.07) is 11.7. The third-order valence-electron chi connectivity index (χ3n) is 3.47. The summed E-state index contributed by atoms with van der Waals surface area (Å²) in [7, 11) is 3.99. The molecule has 2 heterocycles. The lowest BCUT2D eigenvalue weighted by Crippen LogP contribution is -2.27. The fourth-order valence-electron chi connectivity index (χ4n) is 2.21. The van der Waals surface area contributed by atoms with Gasteiger partial charge in [0.05, 0.1) is 17.7 Å². The monoisotopic (exact) mass is 344 g/mol. The normalized spacial score (nSPS) is 16.4. The topological polar surface area (TPSA) is 36.7 Å². The van der Waals surface area contributed by atoms with Crippen LogP contribution < -0.4 is 4.90 Å². The summed E-state index contributed by atoms with van der Waals surface area (Å²) in [4.78, 5) is 16.8. The number of nitrogens with zero attached hydrogens (tertiary/aromatic N) is 2. The third kappa shape index (κ3) is 3.48. The number of anilines is 1. The van der Waals surface area contributed by atoms with Gasteiger partial charge in [0.25, 0.3) is 5.91 Å². The number of furan rings is 1. The van der Waals surface area contributed by atoms with Gasteiger partial charge in [0.1, 0.15) is 10.1 Å². The lowest BCUT2D eigenvalue weighted by Gasteiger charge is -2.12. The van der Waals surface area contributed by atoms with Crippen LogP contribution in [-0.4, -0.2) is 29.2 Å². The van der Waals surface area contributed by atoms with Gasteiger partial charge in [0.2, 0.25) is 0 Å². The smallest absolute Gasteiger partial charge is 0.266 e. The molecule has 0 spiro atoms. The Hall–Kier alpha value is -2.05. The molecule has 1 amide bonds. The molecule has 1 aliphatic heterocycles. The molecule has 3 rings (SSSR count). The molecule has 4 nitrogen and oxygen atoms in total. The second kappa shape index (κ2) is 6.60. The Morgan fingerprint density at radius 2 is 2.00 bits per heavy atom. The molecule has 23 heavy (non-hydrogen) atoms. The van der Waals surface area contributed by atoms with Gasteiger partial charge >= 0.3 is 0 Å². The molecule has 1 aromatic carbocycles. The first-order chi connectivity index (χ1) is 11.0. The summed E-state index contributed by atoms with van der Waals surface area (Å²) in [5, 5.41) is 0. The Bertz CT molecular complexity index is 749. The van der Waals surface area contributed by atoms with E-state index in [9.17, 15) is 4.79 Å². The van der Waals surface area contributed by atoms with Crippen molar-refractivity contribution in [3.8, 4) is 0 Å². The number of carbonyl (C=O) groups is 1. The van der Waals surface area contributed by atoms with Crippen molar-refractivity contribution in [1.29, 1.82) is 0 Å². The van der Waals surface area contributed by atoms with Crippen LogP contribution in [0, 0.1) is 0 Å². The summed E-state index contributed by atoms with van der Waals surface area (Å²) in [6.45, 7) is 0.370. The van der Waals surface area contributed by atoms with Crippen molar-refractivity contribution in [2.24, 2.45) is 0 Å². The molecular formula is C17H16N2O2S2. The molecule has 0 saturated carbocycles. The highest BCUT2D eigenvalue weighted by Crippen LogP contribution is 2.33. The highest BCUT2D eigenvalue weighted by molar-refractivity contribution is 8.26. The van der Waals surface area contributed by atoms with Crippen molar-refractivity contribution in [1.82, 2.24) is 4.90 Å². The van der Waals surface area contributed by atoms with E-state index < -0.39 is 0 Å². The minimum absolute atomic E-state index is 0.0758. The van der Waals surface area contributed by atoms with Crippen LogP contribution in [-0.2, 0) is 11.3 Å². The highest BCUT2D eigenvalue weighted by Gasteiger charge is 2.32. The van der Waals surface area contributed by atoms with Gasteiger partial charge in [0.15, 0.2) is 0 Å². The maximum atomic E-state index is 12.5. The number of hydrogen-bond donors (Lipinski definition) is 0. The van der Waals surface area contributed by atoms with Crippen LogP contribution in [0.1, 0.15) is 11.3 Å². The summed E-state index contributed by atoms with van der Waals surface area (Å²) in [5.41, 5.74) is 2.10. The van der Waals surface area contributed by atoms with E-state index in [1.807, 2.05) is 55.4 Å². The highest BCUT2D eigenvalue weighted by atomic mass is 32.2. The van der Waals surface area contributed by atoms with Gasteiger partial charge in [-0.05, 0) is 35.9 Å². The first-order valence-corrected chi connectivity index (χ1v) is 8.32. The number of amides is 1. The molecule has 0 aliphatic carbocycles. The van der Waals surface area contributed by atoms with Gasteiger partial charge in [-0.15, -0.1) is 0 Å². The van der Waals surface area contributed by atoms with Crippen LogP contribution in [0.3, 0.4) is 0 Å². The average Bonchev–Trinajstić information content (AvgIpc) is 3.12. The Morgan fingerprint density at radius 1 is 1.26 bits per heavy atom. The van der Waals surface area contributed by atoms with Crippen LogP contribution >= 0.6 is 24.0 Å². The van der Waals surface area contributed by atoms with Crippen LogP contribution in [0.4, 0.5) is 5.69 Å². The Labute approximate surface area is 144 Å². The lowest BCUT2D eigenvalue weighted by atomic mass is 10.2. The molecule has 0 N–H and O–H groups in total. The van der Waals surface area contributed by atoms with Gasteiger partial charge in [-0.2, -0.15) is 0 Å². The van der Waals surface area contributed by atoms with Crippen LogP contribution in [0.15, 0.2) is 52.0 Å². The fraction of sp³-hybridized carbons (Fsp3) is 0.176. The zero-order valence-corrected chi connectivity index (χ0v) is 14.5. The van der Waals surface area contributed by atoms with E-state index >= 15 is 0 Å². The fourth-order valence-corrected chi connectivity index (χ4v) is 3.47. The second-order valence-corrected chi connectivity index (χ2v) is 7.01. The summed E-state index contributed by atoms with van der Waals surface area (Å²) in [5.74, 6) is 0.644. The van der Waals surface area contributed by atoms with Crippen LogP contribution in [0.2, 0.25) is 0 Å². The summed E-state index contributed by atoms with van der Waals surface area (Å²) in [6.07, 6.45) is 3.47. The molecule has 1 saturated heterocycles. The minimum atomic E-state index is -0.0758. The molecule has 0 atom stereocenters. The number of rotatable bonds is 4. The largest absolute Gasteiger partial charge is 0.467 e. The Kier molecular flexibility index (Phi) is 4.54. The third-order valence-corrected chi connectivity index (χ3v) is 4.85. The minimum Gasteiger partial charge on any atom is -0.467 e. The van der Waals surface area contributed by atoms with Crippen LogP contribution in [0.5, 0.6) is 0 Å². The van der Waals surface area contributed by atoms with Gasteiger partial charge in [-0.25, -0.2) is 0 Å². The molecule has 0 radical (unpaired) electrons. The van der Waals surface area contributed by atoms with E-state index in [0.717, 1.165) is 17.0 Å². The zero-order valence-electron chi connectivity index (χ0n) is 12.9. The molecule has 0 bridgehead atoms. The average molecular weight is 344 g/mol. The summed E-state index contributed by atoms with van der Waals surface area (Å²) >= 11 is 6.64. The van der Waals surface area contributed by atoms with E-state index in [2.05, 4.69) is 0 Å². The molecule has 0 unspecified atom stereocenters. The molecule has 6 heteroatoms. The predicted octanol–water partition coefficient (Wildman–Crippen LogP) is 3.75. The maximum Gasteiger partial charge on any atom is 0.266 e. The molecule has 1 aromatic heterocycles. The summed E-state index contributed by atoms with van der Waals surface area (Å²) < 4.78 is 5.85. The molecule has 2 aromatic rings. The first kappa shape index (κ1) is 15.8. The molecular weight excluding hydrogens is 328 g/mol.